The molecule has 1 amide bonds. The molecule has 22 heteroatoms. The highest BCUT2D eigenvalue weighted by atomic mass is 35.5. The number of carbonyl (C=O) groups is 1. The number of carbonyl (C=O) groups excluding carboxylic acids is 1. The number of nitrogens with one attached hydrogen (secondary N) is 1. The van der Waals surface area contributed by atoms with Gasteiger partial charge in [-0.05, 0) is 80.7 Å². The van der Waals surface area contributed by atoms with Crippen molar-refractivity contribution in [2.75, 3.05) is 22.6 Å². The highest BCUT2D eigenvalue weighted by Crippen LogP contribution is 2.28. The number of halogens is 1. The van der Waals surface area contributed by atoms with E-state index >= 15 is 0 Å². The van der Waals surface area contributed by atoms with E-state index in [-0.39, 0.29) is 81.2 Å². The van der Waals surface area contributed by atoms with Gasteiger partial charge in [-0.3, -0.25) is 4.79 Å². The van der Waals surface area contributed by atoms with Crippen LogP contribution >= 0.6 is 12.4 Å². The molecule has 0 aliphatic carbocycles. The number of sulfone groups is 4. The Morgan fingerprint density at radius 3 is 1.52 bits per heavy atom. The molecule has 5 N–H and O–H groups in total. The summed E-state index contributed by atoms with van der Waals surface area (Å²) in [7, 11) is -16.8. The molecule has 312 valence electrons. The molecule has 0 atom stereocenters. The molecule has 0 aromatic heterocycles. The van der Waals surface area contributed by atoms with Gasteiger partial charge in [0.1, 0.15) is 0 Å². The van der Waals surface area contributed by atoms with E-state index in [4.69, 9.17) is 15.0 Å². The molecule has 4 aromatic rings. The van der Waals surface area contributed by atoms with Crippen LogP contribution in [0.3, 0.4) is 0 Å². The minimum atomic E-state index is -3.90. The van der Waals surface area contributed by atoms with Gasteiger partial charge in [0.05, 0.1) is 46.0 Å². The molecule has 15 nitrogen and oxygen atoms in total. The van der Waals surface area contributed by atoms with Crippen molar-refractivity contribution in [1.82, 2.24) is 0 Å². The van der Waals surface area contributed by atoms with E-state index < -0.39 is 59.3 Å². The van der Waals surface area contributed by atoms with Crippen LogP contribution in [0.4, 0.5) is 11.4 Å². The largest absolute Gasteiger partial charge is 0.491 e. The van der Waals surface area contributed by atoms with Crippen molar-refractivity contribution in [1.29, 1.82) is 0 Å². The zero-order valence-corrected chi connectivity index (χ0v) is 35.8. The van der Waals surface area contributed by atoms with E-state index in [0.29, 0.717) is 33.4 Å². The highest BCUT2D eigenvalue weighted by Gasteiger charge is 2.30. The second-order valence-corrected chi connectivity index (χ2v) is 22.3. The Bertz CT molecular complexity index is 2650. The van der Waals surface area contributed by atoms with Gasteiger partial charge in [0.25, 0.3) is 0 Å². The van der Waals surface area contributed by atoms with E-state index in [9.17, 15) is 48.5 Å². The first kappa shape index (κ1) is 46.9. The van der Waals surface area contributed by atoms with Crippen LogP contribution in [0.15, 0.2) is 82.6 Å². The predicted octanol–water partition coefficient (Wildman–Crippen LogP) is 1.59. The Morgan fingerprint density at radius 2 is 1.09 bits per heavy atom. The van der Waals surface area contributed by atoms with Crippen LogP contribution in [0.1, 0.15) is 54.2 Å². The quantitative estimate of drug-likeness (QED) is 0.110. The molecule has 58 heavy (non-hydrogen) atoms. The van der Waals surface area contributed by atoms with Crippen molar-refractivity contribution in [3.05, 3.63) is 106 Å². The Balaban J connectivity index is 0.000000254. The number of nitrogen functional groups attached to an aromatic ring is 1. The minimum Gasteiger partial charge on any atom is -0.423 e. The molecular weight excluding hydrogens is 854 g/mol. The van der Waals surface area contributed by atoms with Crippen molar-refractivity contribution in [2.45, 2.75) is 66.8 Å². The van der Waals surface area contributed by atoms with Crippen molar-refractivity contribution in [2.24, 2.45) is 0 Å². The number of anilines is 2. The third kappa shape index (κ3) is 11.7. The fourth-order valence-electron chi connectivity index (χ4n) is 6.27. The maximum atomic E-state index is 13.1. The van der Waals surface area contributed by atoms with E-state index in [2.05, 4.69) is 5.32 Å². The van der Waals surface area contributed by atoms with Gasteiger partial charge < -0.3 is 30.4 Å². The molecule has 0 saturated heterocycles. The molecule has 0 saturated carbocycles. The number of rotatable bonds is 13. The lowest BCUT2D eigenvalue weighted by molar-refractivity contribution is -0.114. The predicted molar refractivity (Wildman–Crippen MR) is 225 cm³/mol. The van der Waals surface area contributed by atoms with E-state index in [1.54, 1.807) is 36.4 Å². The molecule has 0 bridgehead atoms. The minimum absolute atomic E-state index is 0. The summed E-state index contributed by atoms with van der Waals surface area (Å²) in [6.45, 7) is 4.83. The van der Waals surface area contributed by atoms with Crippen LogP contribution in [-0.4, -0.2) is 75.4 Å². The van der Waals surface area contributed by atoms with Crippen molar-refractivity contribution in [3.63, 3.8) is 0 Å². The summed E-state index contributed by atoms with van der Waals surface area (Å²) < 4.78 is 111. The zero-order chi connectivity index (χ0) is 41.9. The van der Waals surface area contributed by atoms with Gasteiger partial charge in [0.15, 0.2) is 39.3 Å². The third-order valence-electron chi connectivity index (χ3n) is 9.23. The fraction of sp³-hybridized carbons (Fsp3) is 0.306. The zero-order valence-electron chi connectivity index (χ0n) is 31.7. The number of benzene rings is 4. The summed E-state index contributed by atoms with van der Waals surface area (Å²) in [6.07, 6.45) is 0. The van der Waals surface area contributed by atoms with Crippen LogP contribution in [0.2, 0.25) is 0 Å². The number of amides is 1. The molecule has 0 fully saturated rings. The molecule has 2 aliphatic rings. The van der Waals surface area contributed by atoms with Gasteiger partial charge in [-0.25, -0.2) is 33.7 Å². The normalized spacial score (nSPS) is 13.9. The Hall–Kier alpha value is -3.79. The smallest absolute Gasteiger partial charge is 0.423 e. The van der Waals surface area contributed by atoms with Crippen molar-refractivity contribution in [3.8, 4) is 0 Å². The Kier molecular flexibility index (Phi) is 15.1. The monoisotopic (exact) mass is 896 g/mol. The topological polar surface area (TPSA) is 251 Å². The molecular formula is C36H43B2ClN2O13S4. The molecule has 2 heterocycles. The van der Waals surface area contributed by atoms with Crippen LogP contribution in [0.5, 0.6) is 0 Å². The van der Waals surface area contributed by atoms with Crippen LogP contribution in [-0.2, 0) is 89.7 Å². The van der Waals surface area contributed by atoms with Gasteiger partial charge >= 0.3 is 14.2 Å². The summed E-state index contributed by atoms with van der Waals surface area (Å²) in [5.74, 6) is -2.12. The maximum absolute atomic E-state index is 13.1. The molecule has 0 unspecified atom stereocenters. The Labute approximate surface area is 345 Å². The fourth-order valence-corrected chi connectivity index (χ4v) is 11.4. The van der Waals surface area contributed by atoms with Crippen molar-refractivity contribution < 1.29 is 57.8 Å². The average molecular weight is 897 g/mol. The summed E-state index contributed by atoms with van der Waals surface area (Å²) in [5, 5.41) is 22.2. The maximum Gasteiger partial charge on any atom is 0.491 e. The van der Waals surface area contributed by atoms with Gasteiger partial charge in [-0.2, -0.15) is 0 Å². The molecule has 0 spiro atoms. The molecule has 4 aromatic carbocycles. The van der Waals surface area contributed by atoms with E-state index in [1.807, 2.05) is 0 Å². The van der Waals surface area contributed by atoms with Gasteiger partial charge in [-0.1, -0.05) is 50.2 Å². The number of hydrogen-bond donors (Lipinski definition) is 4. The van der Waals surface area contributed by atoms with E-state index in [1.165, 1.54) is 57.2 Å². The van der Waals surface area contributed by atoms with Gasteiger partial charge in [0.2, 0.25) is 5.91 Å². The van der Waals surface area contributed by atoms with E-state index in [0.717, 1.165) is 11.1 Å². The lowest BCUT2D eigenvalue weighted by Crippen LogP contribution is -2.28. The SMILES string of the molecule is CCS(=O)(=O)Cc1cc(N)ccc1S(=O)(=O)Cc1ccc2c(c1)B(O)OC2.CCS(=O)(=O)Cc1cc(NC(C)=O)ccc1S(=O)(=O)Cc1ccc2c(c1)B(O)OC2.Cl. The third-order valence-corrected chi connectivity index (χ3v) is 16.0. The van der Waals surface area contributed by atoms with Gasteiger partial charge in [-0.15, -0.1) is 12.4 Å². The first-order valence-electron chi connectivity index (χ1n) is 17.6. The van der Waals surface area contributed by atoms with Crippen LogP contribution < -0.4 is 22.0 Å². The first-order valence-corrected chi connectivity index (χ1v) is 24.5. The van der Waals surface area contributed by atoms with Crippen LogP contribution in [0.25, 0.3) is 0 Å². The number of fused-ring (bicyclic) bond motifs is 2. The molecule has 0 radical (unpaired) electrons. The highest BCUT2D eigenvalue weighted by molar-refractivity contribution is 7.92. The number of nitrogens with two attached hydrogens (primary N) is 1. The summed E-state index contributed by atoms with van der Waals surface area (Å²) in [6, 6.07) is 18.2. The second kappa shape index (κ2) is 18.6. The second-order valence-electron chi connectivity index (χ2n) is 13.6. The summed E-state index contributed by atoms with van der Waals surface area (Å²) >= 11 is 0. The summed E-state index contributed by atoms with van der Waals surface area (Å²) in [4.78, 5) is 11.2. The molecule has 6 rings (SSSR count). The number of hydrogen-bond acceptors (Lipinski definition) is 14. The lowest BCUT2D eigenvalue weighted by Gasteiger charge is -2.13. The lowest BCUT2D eigenvalue weighted by atomic mass is 9.79. The van der Waals surface area contributed by atoms with Crippen molar-refractivity contribution >= 4 is 94.2 Å². The molecule has 2 aliphatic heterocycles. The van der Waals surface area contributed by atoms with Gasteiger partial charge in [0, 0.05) is 29.8 Å². The van der Waals surface area contributed by atoms with Crippen LogP contribution in [0, 0.1) is 0 Å². The first-order chi connectivity index (χ1) is 26.6. The average Bonchev–Trinajstić information content (AvgIpc) is 3.68. The Morgan fingerprint density at radius 1 is 0.655 bits per heavy atom. The standard InChI is InChI=1S/C19H22BNO7S2.C17H20BNO6S2.ClH/c1-3-29(24,25)12-16-9-17(21-13(2)22)6-7-19(16)30(26,27)11-14-4-5-15-10-28-20(23)18(15)8-14;1-2-26(21,22)11-14-8-15(19)5-6-17(14)27(23,24)10-12-3-4-13-9-25-18(20)16(13)7-12;/h4-9,23H,3,10-12H2,1-2H3,(H,21,22);3-8,20H,2,9-11,19H2,1H3;1H. The summed E-state index contributed by atoms with van der Waals surface area (Å²) in [5.41, 5.74) is 10.2.